The predicted octanol–water partition coefficient (Wildman–Crippen LogP) is 2.23. The van der Waals surface area contributed by atoms with E-state index in [1.165, 1.54) is 15.9 Å². The van der Waals surface area contributed by atoms with Crippen molar-refractivity contribution in [1.82, 2.24) is 24.6 Å². The summed E-state index contributed by atoms with van der Waals surface area (Å²) in [5, 5.41) is 13.3. The molecule has 0 saturated carbocycles. The van der Waals surface area contributed by atoms with Crippen LogP contribution in [0.1, 0.15) is 12.8 Å². The second-order valence-corrected chi connectivity index (χ2v) is 9.45. The lowest BCUT2D eigenvalue weighted by molar-refractivity contribution is 0.0877. The van der Waals surface area contributed by atoms with Crippen LogP contribution in [-0.4, -0.2) is 69.7 Å². The highest BCUT2D eigenvalue weighted by atomic mass is 32.2. The Hall–Kier alpha value is -3.35. The van der Waals surface area contributed by atoms with E-state index in [4.69, 9.17) is 9.84 Å². The summed E-state index contributed by atoms with van der Waals surface area (Å²) >= 11 is 0. The van der Waals surface area contributed by atoms with Crippen molar-refractivity contribution < 1.29 is 31.8 Å². The summed E-state index contributed by atoms with van der Waals surface area (Å²) in [6, 6.07) is 1.40. The van der Waals surface area contributed by atoms with E-state index in [0.29, 0.717) is 37.5 Å². The Morgan fingerprint density at radius 2 is 1.88 bits per heavy atom. The lowest BCUT2D eigenvalue weighted by atomic mass is 10.1. The molecule has 1 aromatic carbocycles. The van der Waals surface area contributed by atoms with E-state index in [1.807, 2.05) is 0 Å². The molecule has 32 heavy (non-hydrogen) atoms. The number of ether oxygens (including phenoxy) is 1. The van der Waals surface area contributed by atoms with Crippen molar-refractivity contribution in [3.05, 3.63) is 30.1 Å². The maximum Gasteiger partial charge on any atom is 0.407 e. The lowest BCUT2D eigenvalue weighted by Crippen LogP contribution is -2.41. The maximum atomic E-state index is 14.8. The number of rotatable bonds is 4. The zero-order valence-corrected chi connectivity index (χ0v) is 17.9. The van der Waals surface area contributed by atoms with Gasteiger partial charge >= 0.3 is 6.09 Å². The minimum atomic E-state index is -3.95. The van der Waals surface area contributed by atoms with Crippen LogP contribution in [0.25, 0.3) is 22.3 Å². The molecule has 0 unspecified atom stereocenters. The molecule has 0 aliphatic carbocycles. The van der Waals surface area contributed by atoms with Crippen LogP contribution in [0.4, 0.5) is 13.6 Å². The van der Waals surface area contributed by atoms with Crippen molar-refractivity contribution in [2.75, 3.05) is 19.3 Å². The number of piperidine rings is 1. The Morgan fingerprint density at radius 3 is 2.50 bits per heavy atom. The van der Waals surface area contributed by atoms with Gasteiger partial charge in [-0.05, 0) is 12.1 Å². The van der Waals surface area contributed by atoms with Crippen LogP contribution in [-0.2, 0) is 16.9 Å². The third-order valence-corrected chi connectivity index (χ3v) is 6.37. The number of sulfone groups is 1. The van der Waals surface area contributed by atoms with Crippen molar-refractivity contribution >= 4 is 27.0 Å². The van der Waals surface area contributed by atoms with Gasteiger partial charge in [0, 0.05) is 44.8 Å². The average Bonchev–Trinajstić information content (AvgIpc) is 3.06. The fourth-order valence-corrected chi connectivity index (χ4v) is 4.39. The monoisotopic (exact) mass is 467 g/mol. The summed E-state index contributed by atoms with van der Waals surface area (Å²) in [5.41, 5.74) is 0.299. The molecule has 1 aliphatic rings. The number of benzene rings is 1. The summed E-state index contributed by atoms with van der Waals surface area (Å²) in [4.78, 5) is 19.9. The highest BCUT2D eigenvalue weighted by Crippen LogP contribution is 2.34. The molecule has 0 bridgehead atoms. The maximum absolute atomic E-state index is 14.8. The lowest BCUT2D eigenvalue weighted by Gasteiger charge is -2.29. The van der Waals surface area contributed by atoms with Gasteiger partial charge in [0.25, 0.3) is 0 Å². The number of fused-ring (bicyclic) bond motifs is 1. The van der Waals surface area contributed by atoms with Crippen molar-refractivity contribution in [1.29, 1.82) is 0 Å². The number of hydrogen-bond donors (Lipinski definition) is 1. The van der Waals surface area contributed by atoms with E-state index in [2.05, 4.69) is 15.1 Å². The molecule has 170 valence electrons. The molecule has 13 heteroatoms. The van der Waals surface area contributed by atoms with Crippen LogP contribution in [0.15, 0.2) is 23.4 Å². The molecule has 1 aliphatic heterocycles. The number of carboxylic acid groups (broad SMARTS) is 1. The number of carbonyl (C=O) groups is 1. The van der Waals surface area contributed by atoms with Gasteiger partial charge in [-0.3, -0.25) is 4.68 Å². The standard InChI is InChI=1S/C19H19F2N5O5S/c1-25-17-16(15(24-25)11-7-13(21)14(8-12(11)20)32(2,29)30)22-9-23-18(17)31-10-3-5-26(6-4-10)19(27)28/h7-10H,3-6H2,1-2H3,(H,27,28). The fourth-order valence-electron chi connectivity index (χ4n) is 3.66. The van der Waals surface area contributed by atoms with E-state index in [0.717, 1.165) is 12.3 Å². The van der Waals surface area contributed by atoms with E-state index in [9.17, 15) is 22.0 Å². The molecule has 1 fully saturated rings. The summed E-state index contributed by atoms with van der Waals surface area (Å²) in [6.45, 7) is 0.643. The topological polar surface area (TPSA) is 128 Å². The molecule has 0 radical (unpaired) electrons. The first-order chi connectivity index (χ1) is 15.1. The minimum absolute atomic E-state index is 0.00639. The van der Waals surface area contributed by atoms with Crippen LogP contribution < -0.4 is 4.74 Å². The van der Waals surface area contributed by atoms with Gasteiger partial charge in [0.2, 0.25) is 5.88 Å². The number of amides is 1. The van der Waals surface area contributed by atoms with Gasteiger partial charge in [0.05, 0.1) is 0 Å². The average molecular weight is 467 g/mol. The Kier molecular flexibility index (Phi) is 5.44. The molecular formula is C19H19F2N5O5S. The van der Waals surface area contributed by atoms with Crippen LogP contribution >= 0.6 is 0 Å². The van der Waals surface area contributed by atoms with Crippen LogP contribution in [0.2, 0.25) is 0 Å². The third-order valence-electron chi connectivity index (χ3n) is 5.25. The molecule has 10 nitrogen and oxygen atoms in total. The van der Waals surface area contributed by atoms with Crippen LogP contribution in [0, 0.1) is 11.6 Å². The second-order valence-electron chi connectivity index (χ2n) is 7.47. The first-order valence-electron chi connectivity index (χ1n) is 9.58. The van der Waals surface area contributed by atoms with Crippen LogP contribution in [0.5, 0.6) is 5.88 Å². The number of hydrogen-bond acceptors (Lipinski definition) is 7. The molecule has 2 aromatic heterocycles. The van der Waals surface area contributed by atoms with E-state index < -0.39 is 32.5 Å². The third kappa shape index (κ3) is 3.95. The first kappa shape index (κ1) is 21.9. The summed E-state index contributed by atoms with van der Waals surface area (Å²) in [6.07, 6.45) is 1.66. The fraction of sp³-hybridized carbons (Fsp3) is 0.368. The van der Waals surface area contributed by atoms with Gasteiger partial charge < -0.3 is 14.7 Å². The Morgan fingerprint density at radius 1 is 1.19 bits per heavy atom. The van der Waals surface area contributed by atoms with Gasteiger partial charge in [-0.2, -0.15) is 10.1 Å². The van der Waals surface area contributed by atoms with E-state index in [1.54, 1.807) is 7.05 Å². The normalized spacial score (nSPS) is 15.3. The zero-order valence-electron chi connectivity index (χ0n) is 17.1. The molecule has 3 aromatic rings. The highest BCUT2D eigenvalue weighted by Gasteiger charge is 2.27. The Labute approximate surface area is 181 Å². The smallest absolute Gasteiger partial charge is 0.407 e. The van der Waals surface area contributed by atoms with Gasteiger partial charge in [0.15, 0.2) is 9.84 Å². The molecule has 1 amide bonds. The number of likely N-dealkylation sites (tertiary alicyclic amines) is 1. The van der Waals surface area contributed by atoms with Gasteiger partial charge in [-0.25, -0.2) is 27.0 Å². The Bertz CT molecular complexity index is 1320. The molecule has 0 spiro atoms. The second kappa shape index (κ2) is 7.97. The SMILES string of the molecule is Cn1nc(-c2cc(F)c(S(C)(=O)=O)cc2F)c2ncnc(OC3CCN(C(=O)O)CC3)c21. The van der Waals surface area contributed by atoms with Crippen molar-refractivity contribution in [2.45, 2.75) is 23.8 Å². The quantitative estimate of drug-likeness (QED) is 0.619. The van der Waals surface area contributed by atoms with Crippen LogP contribution in [0.3, 0.4) is 0 Å². The predicted molar refractivity (Wildman–Crippen MR) is 108 cm³/mol. The summed E-state index contributed by atoms with van der Waals surface area (Å²) in [7, 11) is -2.39. The van der Waals surface area contributed by atoms with E-state index >= 15 is 0 Å². The minimum Gasteiger partial charge on any atom is -0.473 e. The number of aryl methyl sites for hydroxylation is 1. The molecular weight excluding hydrogens is 448 g/mol. The van der Waals surface area contributed by atoms with Gasteiger partial charge in [-0.1, -0.05) is 0 Å². The van der Waals surface area contributed by atoms with Gasteiger partial charge in [0.1, 0.15) is 45.7 Å². The molecule has 1 N–H and O–H groups in total. The molecule has 3 heterocycles. The number of aromatic nitrogens is 4. The number of halogens is 2. The Balaban J connectivity index is 1.71. The van der Waals surface area contributed by atoms with Crippen molar-refractivity contribution in [3.63, 3.8) is 0 Å². The molecule has 1 saturated heterocycles. The number of nitrogens with zero attached hydrogens (tertiary/aromatic N) is 5. The molecule has 4 rings (SSSR count). The summed E-state index contributed by atoms with van der Waals surface area (Å²) in [5.74, 6) is -1.88. The summed E-state index contributed by atoms with van der Waals surface area (Å²) < 4.78 is 59.8. The largest absolute Gasteiger partial charge is 0.473 e. The first-order valence-corrected chi connectivity index (χ1v) is 11.5. The highest BCUT2D eigenvalue weighted by molar-refractivity contribution is 7.90. The van der Waals surface area contributed by atoms with Crippen molar-refractivity contribution in [2.24, 2.45) is 7.05 Å². The zero-order chi connectivity index (χ0) is 23.2. The van der Waals surface area contributed by atoms with Gasteiger partial charge in [-0.15, -0.1) is 0 Å². The van der Waals surface area contributed by atoms with E-state index in [-0.39, 0.29) is 28.8 Å². The molecule has 0 atom stereocenters. The van der Waals surface area contributed by atoms with Crippen molar-refractivity contribution in [3.8, 4) is 17.1 Å².